The van der Waals surface area contributed by atoms with Crippen molar-refractivity contribution in [1.82, 2.24) is 9.78 Å². The topological polar surface area (TPSA) is 47.4 Å². The number of carbonyl (C=O) groups is 1. The molecule has 2 heterocycles. The van der Waals surface area contributed by atoms with E-state index < -0.39 is 0 Å². The molecule has 1 aromatic heterocycles. The van der Waals surface area contributed by atoms with Crippen molar-refractivity contribution in [1.29, 1.82) is 0 Å². The molecule has 6 heteroatoms. The summed E-state index contributed by atoms with van der Waals surface area (Å²) in [5.41, 5.74) is 7.01. The third kappa shape index (κ3) is 3.45. The normalized spacial score (nSPS) is 13.3. The first-order valence-corrected chi connectivity index (χ1v) is 10.6. The number of methoxy groups -OCH3 is 1. The van der Waals surface area contributed by atoms with Crippen LogP contribution < -0.4 is 4.90 Å². The number of esters is 1. The summed E-state index contributed by atoms with van der Waals surface area (Å²) in [6.07, 6.45) is 0.864. The van der Waals surface area contributed by atoms with Gasteiger partial charge in [0.1, 0.15) is 0 Å². The molecule has 0 unspecified atom stereocenters. The Labute approximate surface area is 185 Å². The number of carbonyl (C=O) groups excluding carboxylic acids is 1. The fourth-order valence-corrected chi connectivity index (χ4v) is 4.47. The van der Waals surface area contributed by atoms with Crippen LogP contribution in [-0.2, 0) is 17.7 Å². The smallest absolute Gasteiger partial charge is 0.337 e. The Balaban J connectivity index is 1.48. The Morgan fingerprint density at radius 2 is 1.90 bits per heavy atom. The zero-order valence-corrected chi connectivity index (χ0v) is 18.2. The van der Waals surface area contributed by atoms with Gasteiger partial charge in [0.15, 0.2) is 0 Å². The van der Waals surface area contributed by atoms with E-state index in [1.807, 2.05) is 47.1 Å². The summed E-state index contributed by atoms with van der Waals surface area (Å²) in [5, 5.41) is 6.56. The Morgan fingerprint density at radius 3 is 2.71 bits per heavy atom. The number of anilines is 1. The molecule has 5 rings (SSSR count). The predicted molar refractivity (Wildman–Crippen MR) is 123 cm³/mol. The molecule has 0 spiro atoms. The molecule has 0 radical (unpaired) electrons. The van der Waals surface area contributed by atoms with Gasteiger partial charge in [-0.05, 0) is 60.9 Å². The number of aromatic nitrogens is 2. The summed E-state index contributed by atoms with van der Waals surface area (Å²) in [4.78, 5) is 14.2. The van der Waals surface area contributed by atoms with Gasteiger partial charge in [-0.3, -0.25) is 0 Å². The lowest BCUT2D eigenvalue weighted by molar-refractivity contribution is 0.0600. The number of hydrogen-bond acceptors (Lipinski definition) is 4. The van der Waals surface area contributed by atoms with Crippen LogP contribution in [0.15, 0.2) is 60.7 Å². The number of benzene rings is 3. The number of hydrogen-bond donors (Lipinski definition) is 0. The van der Waals surface area contributed by atoms with Gasteiger partial charge in [-0.2, -0.15) is 5.10 Å². The van der Waals surface area contributed by atoms with Crippen LogP contribution in [0.25, 0.3) is 16.6 Å². The minimum Gasteiger partial charge on any atom is -0.465 e. The molecule has 0 bridgehead atoms. The van der Waals surface area contributed by atoms with Gasteiger partial charge in [-0.25, -0.2) is 9.48 Å². The molecule has 0 saturated carbocycles. The van der Waals surface area contributed by atoms with Crippen molar-refractivity contribution in [2.45, 2.75) is 19.9 Å². The molecule has 4 aromatic rings. The Kier molecular flexibility index (Phi) is 4.91. The largest absolute Gasteiger partial charge is 0.465 e. The zero-order chi connectivity index (χ0) is 21.5. The standard InChI is InChI=1S/C25H22ClN3O2/c1-16-21-5-3-4-6-23(21)27-29(16)24-14-20(9-10-22(24)26)28-12-11-17-13-18(25(30)31-2)7-8-19(17)15-28/h3-10,13-14H,11-12,15H2,1-2H3. The van der Waals surface area contributed by atoms with Crippen molar-refractivity contribution in [2.24, 2.45) is 0 Å². The second-order valence-corrected chi connectivity index (χ2v) is 8.20. The first-order valence-electron chi connectivity index (χ1n) is 10.2. The van der Waals surface area contributed by atoms with Crippen molar-refractivity contribution in [3.8, 4) is 5.69 Å². The van der Waals surface area contributed by atoms with Crippen LogP contribution in [0.3, 0.4) is 0 Å². The quantitative estimate of drug-likeness (QED) is 0.411. The lowest BCUT2D eigenvalue weighted by atomic mass is 9.97. The summed E-state index contributed by atoms with van der Waals surface area (Å²) in [6.45, 7) is 3.70. The average molecular weight is 432 g/mol. The number of nitrogens with zero attached hydrogens (tertiary/aromatic N) is 3. The highest BCUT2D eigenvalue weighted by Crippen LogP contribution is 2.32. The molecule has 156 valence electrons. The van der Waals surface area contributed by atoms with Crippen LogP contribution in [0.1, 0.15) is 27.2 Å². The minimum atomic E-state index is -0.297. The van der Waals surface area contributed by atoms with Crippen molar-refractivity contribution < 1.29 is 9.53 Å². The molecule has 0 aliphatic carbocycles. The van der Waals surface area contributed by atoms with Crippen molar-refractivity contribution in [2.75, 3.05) is 18.6 Å². The molecule has 0 amide bonds. The van der Waals surface area contributed by atoms with E-state index in [9.17, 15) is 4.79 Å². The molecule has 0 atom stereocenters. The second-order valence-electron chi connectivity index (χ2n) is 7.80. The third-order valence-corrected chi connectivity index (χ3v) is 6.30. The van der Waals surface area contributed by atoms with Crippen LogP contribution in [0.4, 0.5) is 5.69 Å². The Hall–Kier alpha value is -3.31. The van der Waals surface area contributed by atoms with E-state index in [0.29, 0.717) is 10.6 Å². The third-order valence-electron chi connectivity index (χ3n) is 5.98. The molecule has 0 fully saturated rings. The van der Waals surface area contributed by atoms with E-state index in [-0.39, 0.29) is 5.97 Å². The predicted octanol–water partition coefficient (Wildman–Crippen LogP) is 5.34. The monoisotopic (exact) mass is 431 g/mol. The van der Waals surface area contributed by atoms with E-state index in [0.717, 1.165) is 47.5 Å². The highest BCUT2D eigenvalue weighted by molar-refractivity contribution is 6.32. The van der Waals surface area contributed by atoms with Crippen LogP contribution in [0.2, 0.25) is 5.02 Å². The number of halogens is 1. The summed E-state index contributed by atoms with van der Waals surface area (Å²) >= 11 is 6.59. The van der Waals surface area contributed by atoms with E-state index in [4.69, 9.17) is 21.4 Å². The first-order chi connectivity index (χ1) is 15.0. The molecular formula is C25H22ClN3O2. The summed E-state index contributed by atoms with van der Waals surface area (Å²) < 4.78 is 6.77. The lowest BCUT2D eigenvalue weighted by Gasteiger charge is -2.31. The van der Waals surface area contributed by atoms with Crippen molar-refractivity contribution >= 4 is 34.2 Å². The molecule has 0 saturated heterocycles. The van der Waals surface area contributed by atoms with Crippen LogP contribution >= 0.6 is 11.6 Å². The molecule has 31 heavy (non-hydrogen) atoms. The van der Waals surface area contributed by atoms with Gasteiger partial charge in [-0.15, -0.1) is 0 Å². The maximum absolute atomic E-state index is 11.8. The van der Waals surface area contributed by atoms with Gasteiger partial charge in [-0.1, -0.05) is 35.9 Å². The summed E-state index contributed by atoms with van der Waals surface area (Å²) in [7, 11) is 1.41. The Morgan fingerprint density at radius 1 is 1.06 bits per heavy atom. The second kappa shape index (κ2) is 7.75. The molecule has 5 nitrogen and oxygen atoms in total. The van der Waals surface area contributed by atoms with Gasteiger partial charge in [0, 0.05) is 29.9 Å². The fraction of sp³-hybridized carbons (Fsp3) is 0.200. The summed E-state index contributed by atoms with van der Waals surface area (Å²) in [6, 6.07) is 20.0. The van der Waals surface area contributed by atoms with E-state index in [1.165, 1.54) is 18.2 Å². The maximum Gasteiger partial charge on any atom is 0.337 e. The average Bonchev–Trinajstić information content (AvgIpc) is 3.14. The lowest BCUT2D eigenvalue weighted by Crippen LogP contribution is -2.30. The van der Waals surface area contributed by atoms with Gasteiger partial charge in [0.2, 0.25) is 0 Å². The van der Waals surface area contributed by atoms with Crippen LogP contribution in [0.5, 0.6) is 0 Å². The molecule has 1 aliphatic heterocycles. The van der Waals surface area contributed by atoms with Gasteiger partial charge in [0.05, 0.1) is 28.9 Å². The first kappa shape index (κ1) is 19.6. The molecule has 3 aromatic carbocycles. The minimum absolute atomic E-state index is 0.297. The number of aryl methyl sites for hydroxylation is 1. The van der Waals surface area contributed by atoms with Crippen LogP contribution in [-0.4, -0.2) is 29.4 Å². The van der Waals surface area contributed by atoms with E-state index in [2.05, 4.69) is 30.0 Å². The van der Waals surface area contributed by atoms with Crippen molar-refractivity contribution in [3.63, 3.8) is 0 Å². The maximum atomic E-state index is 11.8. The number of ether oxygens (including phenoxy) is 1. The molecular weight excluding hydrogens is 410 g/mol. The van der Waals surface area contributed by atoms with Gasteiger partial charge < -0.3 is 9.64 Å². The van der Waals surface area contributed by atoms with E-state index >= 15 is 0 Å². The van der Waals surface area contributed by atoms with Gasteiger partial charge >= 0.3 is 5.97 Å². The summed E-state index contributed by atoms with van der Waals surface area (Å²) in [5.74, 6) is -0.297. The Bertz CT molecular complexity index is 1310. The SMILES string of the molecule is COC(=O)c1ccc2c(c1)CCN(c1ccc(Cl)c(-n3nc4ccccc4c3C)c1)C2. The number of fused-ring (bicyclic) bond motifs is 2. The van der Waals surface area contributed by atoms with Crippen LogP contribution in [0, 0.1) is 6.92 Å². The highest BCUT2D eigenvalue weighted by atomic mass is 35.5. The molecule has 1 aliphatic rings. The highest BCUT2D eigenvalue weighted by Gasteiger charge is 2.20. The van der Waals surface area contributed by atoms with Crippen molar-refractivity contribution in [3.05, 3.63) is 88.1 Å². The number of rotatable bonds is 3. The fourth-order valence-electron chi connectivity index (χ4n) is 4.28. The molecule has 0 N–H and O–H groups in total. The van der Waals surface area contributed by atoms with Gasteiger partial charge in [0.25, 0.3) is 0 Å². The zero-order valence-electron chi connectivity index (χ0n) is 17.4. The van der Waals surface area contributed by atoms with E-state index in [1.54, 1.807) is 0 Å².